The number of Topliss-reactive ketones (excluding diaryl/α,β-unsaturated/α-hetero) is 1. The molecular weight excluding hydrogens is 456 g/mol. The third-order valence-corrected chi connectivity index (χ3v) is 6.19. The van der Waals surface area contributed by atoms with Crippen molar-refractivity contribution in [2.45, 2.75) is 6.04 Å². The van der Waals surface area contributed by atoms with Crippen LogP contribution in [0, 0.1) is 0 Å². The van der Waals surface area contributed by atoms with Gasteiger partial charge in [0, 0.05) is 18.7 Å². The van der Waals surface area contributed by atoms with Crippen molar-refractivity contribution in [1.29, 1.82) is 0 Å². The fourth-order valence-electron chi connectivity index (χ4n) is 4.35. The van der Waals surface area contributed by atoms with Gasteiger partial charge in [0.1, 0.15) is 23.9 Å². The summed E-state index contributed by atoms with van der Waals surface area (Å²) in [6.07, 6.45) is 1.64. The van der Waals surface area contributed by atoms with Gasteiger partial charge in [-0.25, -0.2) is 0 Å². The Morgan fingerprint density at radius 3 is 2.53 bits per heavy atom. The van der Waals surface area contributed by atoms with Crippen molar-refractivity contribution >= 4 is 28.2 Å². The molecule has 0 radical (unpaired) electrons. The summed E-state index contributed by atoms with van der Waals surface area (Å²) in [7, 11) is 5.41. The molecule has 4 rings (SSSR count). The Morgan fingerprint density at radius 1 is 1.06 bits per heavy atom. The van der Waals surface area contributed by atoms with Crippen molar-refractivity contribution in [2.75, 3.05) is 40.9 Å². The number of amides is 1. The van der Waals surface area contributed by atoms with E-state index in [1.807, 2.05) is 55.4 Å². The Kier molecular flexibility index (Phi) is 7.41. The summed E-state index contributed by atoms with van der Waals surface area (Å²) in [5.74, 6) is -0.231. The van der Waals surface area contributed by atoms with E-state index in [9.17, 15) is 14.7 Å². The van der Waals surface area contributed by atoms with Gasteiger partial charge < -0.3 is 24.4 Å². The van der Waals surface area contributed by atoms with Crippen LogP contribution >= 0.6 is 0 Å². The van der Waals surface area contributed by atoms with E-state index in [1.165, 1.54) is 4.90 Å². The summed E-state index contributed by atoms with van der Waals surface area (Å²) in [5.41, 5.74) is 1.21. The maximum absolute atomic E-state index is 13.3. The first-order valence-corrected chi connectivity index (χ1v) is 11.7. The average Bonchev–Trinajstić information content (AvgIpc) is 3.14. The van der Waals surface area contributed by atoms with E-state index in [4.69, 9.17) is 9.47 Å². The molecule has 7 heteroatoms. The number of ether oxygens (including phenoxy) is 2. The zero-order chi connectivity index (χ0) is 25.8. The Hall–Kier alpha value is -4.10. The third kappa shape index (κ3) is 4.97. The summed E-state index contributed by atoms with van der Waals surface area (Å²) >= 11 is 0. The van der Waals surface area contributed by atoms with Gasteiger partial charge in [0.2, 0.25) is 0 Å². The standard InChI is InChI=1S/C29H30N2O5/c1-5-15-36-24-8-6-7-21(18-24)26-25(28(33)29(34)31(26)14-13-30(2)3)27(32)22-10-9-20-17-23(35-4)12-11-19(20)16-22/h5-12,16-18,26,32H,1,13-15H2,2-4H3/b27-25+. The van der Waals surface area contributed by atoms with Crippen molar-refractivity contribution in [3.63, 3.8) is 0 Å². The van der Waals surface area contributed by atoms with Crippen molar-refractivity contribution in [3.8, 4) is 11.5 Å². The molecule has 1 saturated heterocycles. The summed E-state index contributed by atoms with van der Waals surface area (Å²) < 4.78 is 11.0. The van der Waals surface area contributed by atoms with Crippen LogP contribution in [0.15, 0.2) is 78.9 Å². The number of ketones is 1. The lowest BCUT2D eigenvalue weighted by Crippen LogP contribution is -2.35. The number of fused-ring (bicyclic) bond motifs is 1. The molecule has 1 atom stereocenters. The van der Waals surface area contributed by atoms with Crippen molar-refractivity contribution in [3.05, 3.63) is 90.0 Å². The van der Waals surface area contributed by atoms with E-state index in [0.29, 0.717) is 36.6 Å². The highest BCUT2D eigenvalue weighted by atomic mass is 16.5. The number of hydrogen-bond donors (Lipinski definition) is 1. The average molecular weight is 487 g/mol. The highest BCUT2D eigenvalue weighted by Crippen LogP contribution is 2.40. The first-order valence-electron chi connectivity index (χ1n) is 11.7. The largest absolute Gasteiger partial charge is 0.507 e. The van der Waals surface area contributed by atoms with Crippen LogP contribution in [0.25, 0.3) is 16.5 Å². The van der Waals surface area contributed by atoms with Gasteiger partial charge in [0.15, 0.2) is 0 Å². The fraction of sp³-hybridized carbons (Fsp3) is 0.241. The monoisotopic (exact) mass is 486 g/mol. The first kappa shape index (κ1) is 25.0. The van der Waals surface area contributed by atoms with Gasteiger partial charge in [-0.2, -0.15) is 0 Å². The van der Waals surface area contributed by atoms with Crippen molar-refractivity contribution in [2.24, 2.45) is 0 Å². The molecule has 186 valence electrons. The Labute approximate surface area is 210 Å². The molecule has 3 aromatic rings. The Morgan fingerprint density at radius 2 is 1.81 bits per heavy atom. The molecule has 1 aliphatic heterocycles. The molecule has 0 saturated carbocycles. The SMILES string of the molecule is C=CCOc1cccc(C2/C(=C(\O)c3ccc4cc(OC)ccc4c3)C(=O)C(=O)N2CCN(C)C)c1. The smallest absolute Gasteiger partial charge is 0.295 e. The molecule has 1 amide bonds. The van der Waals surface area contributed by atoms with Gasteiger partial charge >= 0.3 is 0 Å². The second-order valence-electron chi connectivity index (χ2n) is 8.90. The predicted octanol–water partition coefficient (Wildman–Crippen LogP) is 4.40. The second kappa shape index (κ2) is 10.7. The van der Waals surface area contributed by atoms with Crippen LogP contribution in [0.2, 0.25) is 0 Å². The minimum atomic E-state index is -0.746. The maximum atomic E-state index is 13.3. The zero-order valence-electron chi connectivity index (χ0n) is 20.7. The number of aliphatic hydroxyl groups excluding tert-OH is 1. The van der Waals surface area contributed by atoms with Gasteiger partial charge in [0.25, 0.3) is 11.7 Å². The lowest BCUT2D eigenvalue weighted by atomic mass is 9.94. The van der Waals surface area contributed by atoms with Gasteiger partial charge in [-0.1, -0.05) is 43.0 Å². The summed E-state index contributed by atoms with van der Waals surface area (Å²) in [6, 6.07) is 17.5. The van der Waals surface area contributed by atoms with Crippen LogP contribution in [0.5, 0.6) is 11.5 Å². The molecule has 1 N–H and O–H groups in total. The normalized spacial score (nSPS) is 17.1. The zero-order valence-corrected chi connectivity index (χ0v) is 20.7. The van der Waals surface area contributed by atoms with E-state index in [1.54, 1.807) is 37.5 Å². The maximum Gasteiger partial charge on any atom is 0.295 e. The number of carbonyl (C=O) groups is 2. The van der Waals surface area contributed by atoms with Gasteiger partial charge in [-0.3, -0.25) is 9.59 Å². The van der Waals surface area contributed by atoms with Crippen LogP contribution in [-0.4, -0.2) is 67.5 Å². The third-order valence-electron chi connectivity index (χ3n) is 6.19. The molecule has 0 spiro atoms. The number of methoxy groups -OCH3 is 1. The Bertz CT molecular complexity index is 1340. The van der Waals surface area contributed by atoms with Crippen LogP contribution in [0.3, 0.4) is 0 Å². The molecule has 7 nitrogen and oxygen atoms in total. The number of carbonyl (C=O) groups excluding carboxylic acids is 2. The van der Waals surface area contributed by atoms with Gasteiger partial charge in [0.05, 0.1) is 18.7 Å². The minimum absolute atomic E-state index is 0.0625. The van der Waals surface area contributed by atoms with E-state index >= 15 is 0 Å². The molecule has 1 fully saturated rings. The topological polar surface area (TPSA) is 79.3 Å². The summed E-state index contributed by atoms with van der Waals surface area (Å²) in [4.78, 5) is 29.9. The minimum Gasteiger partial charge on any atom is -0.507 e. The molecule has 0 aliphatic carbocycles. The lowest BCUT2D eigenvalue weighted by molar-refractivity contribution is -0.140. The molecule has 3 aromatic carbocycles. The summed E-state index contributed by atoms with van der Waals surface area (Å²) in [5, 5.41) is 13.2. The number of likely N-dealkylation sites (N-methyl/N-ethyl adjacent to an activating group) is 1. The van der Waals surface area contributed by atoms with E-state index in [2.05, 4.69) is 6.58 Å². The highest BCUT2D eigenvalue weighted by molar-refractivity contribution is 6.46. The van der Waals surface area contributed by atoms with E-state index < -0.39 is 17.7 Å². The molecular formula is C29H30N2O5. The molecule has 1 heterocycles. The summed E-state index contributed by atoms with van der Waals surface area (Å²) in [6.45, 7) is 4.89. The number of likely N-dealkylation sites (tertiary alicyclic amines) is 1. The first-order chi connectivity index (χ1) is 17.3. The molecule has 1 aliphatic rings. The number of benzene rings is 3. The van der Waals surface area contributed by atoms with Crippen LogP contribution in [0.1, 0.15) is 17.2 Å². The molecule has 0 aromatic heterocycles. The van der Waals surface area contributed by atoms with Crippen molar-refractivity contribution < 1.29 is 24.2 Å². The number of rotatable bonds is 9. The van der Waals surface area contributed by atoms with E-state index in [0.717, 1.165) is 16.5 Å². The molecule has 1 unspecified atom stereocenters. The van der Waals surface area contributed by atoms with Crippen LogP contribution in [-0.2, 0) is 9.59 Å². The fourth-order valence-corrected chi connectivity index (χ4v) is 4.35. The highest BCUT2D eigenvalue weighted by Gasteiger charge is 2.46. The van der Waals surface area contributed by atoms with Crippen molar-refractivity contribution in [1.82, 2.24) is 9.80 Å². The predicted molar refractivity (Wildman–Crippen MR) is 140 cm³/mol. The van der Waals surface area contributed by atoms with Gasteiger partial charge in [-0.15, -0.1) is 0 Å². The molecule has 0 bridgehead atoms. The van der Waals surface area contributed by atoms with E-state index in [-0.39, 0.29) is 11.3 Å². The lowest BCUT2D eigenvalue weighted by Gasteiger charge is -2.27. The quantitative estimate of drug-likeness (QED) is 0.209. The number of nitrogens with zero attached hydrogens (tertiary/aromatic N) is 2. The Balaban J connectivity index is 1.83. The number of hydrogen-bond acceptors (Lipinski definition) is 6. The molecule has 36 heavy (non-hydrogen) atoms. The second-order valence-corrected chi connectivity index (χ2v) is 8.90. The van der Waals surface area contributed by atoms with Crippen LogP contribution in [0.4, 0.5) is 0 Å². The number of aliphatic hydroxyl groups is 1. The van der Waals surface area contributed by atoms with Crippen LogP contribution < -0.4 is 9.47 Å². The van der Waals surface area contributed by atoms with Gasteiger partial charge in [-0.05, 0) is 60.8 Å².